The van der Waals surface area contributed by atoms with E-state index in [1.54, 1.807) is 0 Å². The van der Waals surface area contributed by atoms with Crippen molar-refractivity contribution in [2.45, 2.75) is 13.0 Å². The molecule has 68 valence electrons. The van der Waals surface area contributed by atoms with E-state index in [2.05, 4.69) is 4.98 Å². The maximum absolute atomic E-state index is 10.6. The minimum Gasteiger partial charge on any atom is -0.477 e. The Labute approximate surface area is 75.2 Å². The van der Waals surface area contributed by atoms with Crippen LogP contribution < -0.4 is 0 Å². The zero-order valence-corrected chi connectivity index (χ0v) is 6.99. The molecule has 0 aromatic carbocycles. The van der Waals surface area contributed by atoms with Gasteiger partial charge in [-0.1, -0.05) is 6.07 Å². The van der Waals surface area contributed by atoms with Gasteiger partial charge in [0.05, 0.1) is 18.9 Å². The Kier molecular flexibility index (Phi) is 1.98. The molecular formula is C9H9NO3. The predicted molar refractivity (Wildman–Crippen MR) is 44.6 cm³/mol. The Morgan fingerprint density at radius 2 is 2.38 bits per heavy atom. The summed E-state index contributed by atoms with van der Waals surface area (Å²) in [7, 11) is 0. The molecule has 0 fully saturated rings. The van der Waals surface area contributed by atoms with Crippen molar-refractivity contribution in [3.8, 4) is 0 Å². The Hall–Kier alpha value is -1.42. The van der Waals surface area contributed by atoms with E-state index >= 15 is 0 Å². The smallest absolute Gasteiger partial charge is 0.354 e. The molecule has 0 unspecified atom stereocenters. The number of fused-ring (bicyclic) bond motifs is 1. The summed E-state index contributed by atoms with van der Waals surface area (Å²) >= 11 is 0. The molecule has 0 saturated heterocycles. The number of pyridine rings is 1. The maximum atomic E-state index is 10.6. The standard InChI is InChI=1S/C9H9NO3/c11-9(12)7-2-1-6-3-4-13-5-8(6)10-7/h1-2H,3-5H2,(H,11,12). The Balaban J connectivity index is 2.40. The molecule has 0 aliphatic carbocycles. The summed E-state index contributed by atoms with van der Waals surface area (Å²) in [6.07, 6.45) is 0.822. The molecule has 0 bridgehead atoms. The van der Waals surface area contributed by atoms with Crippen LogP contribution in [0.1, 0.15) is 21.7 Å². The van der Waals surface area contributed by atoms with Crippen LogP contribution in [0.3, 0.4) is 0 Å². The van der Waals surface area contributed by atoms with Gasteiger partial charge >= 0.3 is 5.97 Å². The molecule has 13 heavy (non-hydrogen) atoms. The van der Waals surface area contributed by atoms with Gasteiger partial charge in [-0.2, -0.15) is 0 Å². The van der Waals surface area contributed by atoms with Gasteiger partial charge < -0.3 is 9.84 Å². The zero-order valence-electron chi connectivity index (χ0n) is 6.99. The highest BCUT2D eigenvalue weighted by Gasteiger charge is 2.13. The van der Waals surface area contributed by atoms with Crippen molar-refractivity contribution >= 4 is 5.97 Å². The summed E-state index contributed by atoms with van der Waals surface area (Å²) in [6, 6.07) is 3.35. The number of rotatable bonds is 1. The number of nitrogens with zero attached hydrogens (tertiary/aromatic N) is 1. The lowest BCUT2D eigenvalue weighted by Gasteiger charge is -2.14. The summed E-state index contributed by atoms with van der Waals surface area (Å²) in [5.74, 6) is -0.992. The van der Waals surface area contributed by atoms with E-state index in [1.807, 2.05) is 6.07 Å². The van der Waals surface area contributed by atoms with Crippen LogP contribution in [0.15, 0.2) is 12.1 Å². The third kappa shape index (κ3) is 1.53. The van der Waals surface area contributed by atoms with Crippen molar-refractivity contribution in [2.75, 3.05) is 6.61 Å². The predicted octanol–water partition coefficient (Wildman–Crippen LogP) is 0.853. The quantitative estimate of drug-likeness (QED) is 0.694. The van der Waals surface area contributed by atoms with E-state index in [9.17, 15) is 4.79 Å². The number of ether oxygens (including phenoxy) is 1. The molecule has 0 atom stereocenters. The highest BCUT2D eigenvalue weighted by molar-refractivity contribution is 5.85. The van der Waals surface area contributed by atoms with E-state index in [-0.39, 0.29) is 5.69 Å². The largest absolute Gasteiger partial charge is 0.477 e. The minimum atomic E-state index is -0.992. The van der Waals surface area contributed by atoms with Gasteiger partial charge in [0.25, 0.3) is 0 Å². The van der Waals surface area contributed by atoms with Crippen molar-refractivity contribution in [3.63, 3.8) is 0 Å². The average Bonchev–Trinajstić information content (AvgIpc) is 2.17. The van der Waals surface area contributed by atoms with Crippen LogP contribution in [0, 0.1) is 0 Å². The van der Waals surface area contributed by atoms with Crippen molar-refractivity contribution in [1.82, 2.24) is 4.98 Å². The van der Waals surface area contributed by atoms with E-state index in [0.29, 0.717) is 13.2 Å². The van der Waals surface area contributed by atoms with Crippen LogP contribution in [0.2, 0.25) is 0 Å². The molecule has 0 radical (unpaired) electrons. The van der Waals surface area contributed by atoms with Crippen molar-refractivity contribution in [1.29, 1.82) is 0 Å². The highest BCUT2D eigenvalue weighted by atomic mass is 16.5. The van der Waals surface area contributed by atoms with Crippen LogP contribution >= 0.6 is 0 Å². The second kappa shape index (κ2) is 3.14. The number of carboxylic acid groups (broad SMARTS) is 1. The summed E-state index contributed by atoms with van der Waals surface area (Å²) < 4.78 is 5.18. The molecule has 4 heteroatoms. The van der Waals surface area contributed by atoms with Gasteiger partial charge in [0.2, 0.25) is 0 Å². The molecule has 0 amide bonds. The fraction of sp³-hybridized carbons (Fsp3) is 0.333. The summed E-state index contributed by atoms with van der Waals surface area (Å²) in [5, 5.41) is 8.68. The molecule has 1 aliphatic rings. The second-order valence-electron chi connectivity index (χ2n) is 2.91. The maximum Gasteiger partial charge on any atom is 0.354 e. The van der Waals surface area contributed by atoms with Crippen molar-refractivity contribution < 1.29 is 14.6 Å². The number of aromatic nitrogens is 1. The highest BCUT2D eigenvalue weighted by Crippen LogP contribution is 2.14. The monoisotopic (exact) mass is 179 g/mol. The molecule has 4 nitrogen and oxygen atoms in total. The first-order valence-electron chi connectivity index (χ1n) is 4.07. The molecule has 0 spiro atoms. The molecule has 2 rings (SSSR count). The number of hydrogen-bond donors (Lipinski definition) is 1. The van der Waals surface area contributed by atoms with E-state index in [4.69, 9.17) is 9.84 Å². The molecule has 0 saturated carbocycles. The number of hydrogen-bond acceptors (Lipinski definition) is 3. The number of aromatic carboxylic acids is 1. The fourth-order valence-electron chi connectivity index (χ4n) is 1.35. The normalized spacial score (nSPS) is 15.1. The zero-order chi connectivity index (χ0) is 9.26. The van der Waals surface area contributed by atoms with Gasteiger partial charge in [-0.3, -0.25) is 0 Å². The van der Waals surface area contributed by atoms with Gasteiger partial charge in [-0.15, -0.1) is 0 Å². The van der Waals surface area contributed by atoms with Crippen LogP contribution in [0.4, 0.5) is 0 Å². The van der Waals surface area contributed by atoms with E-state index in [1.165, 1.54) is 6.07 Å². The van der Waals surface area contributed by atoms with Gasteiger partial charge in [0.1, 0.15) is 5.69 Å². The van der Waals surface area contributed by atoms with Gasteiger partial charge in [-0.25, -0.2) is 9.78 Å². The van der Waals surface area contributed by atoms with Crippen LogP contribution in [-0.2, 0) is 17.8 Å². The first kappa shape index (κ1) is 8.19. The lowest BCUT2D eigenvalue weighted by Crippen LogP contribution is -2.14. The molecule has 1 aromatic rings. The van der Waals surface area contributed by atoms with Crippen LogP contribution in [0.5, 0.6) is 0 Å². The summed E-state index contributed by atoms with van der Waals surface area (Å²) in [6.45, 7) is 1.12. The van der Waals surface area contributed by atoms with Gasteiger partial charge in [0.15, 0.2) is 0 Å². The molecule has 1 aliphatic heterocycles. The number of carboxylic acids is 1. The van der Waals surface area contributed by atoms with Crippen molar-refractivity contribution in [2.24, 2.45) is 0 Å². The minimum absolute atomic E-state index is 0.0873. The molecule has 1 aromatic heterocycles. The van der Waals surface area contributed by atoms with Crippen molar-refractivity contribution in [3.05, 3.63) is 29.1 Å². The fourth-order valence-corrected chi connectivity index (χ4v) is 1.35. The van der Waals surface area contributed by atoms with E-state index in [0.717, 1.165) is 17.7 Å². The second-order valence-corrected chi connectivity index (χ2v) is 2.91. The van der Waals surface area contributed by atoms with Crippen LogP contribution in [0.25, 0.3) is 0 Å². The molecular weight excluding hydrogens is 170 g/mol. The molecule has 2 heterocycles. The van der Waals surface area contributed by atoms with Gasteiger partial charge in [0, 0.05) is 0 Å². The first-order chi connectivity index (χ1) is 6.27. The molecule has 1 N–H and O–H groups in total. The Morgan fingerprint density at radius 1 is 1.54 bits per heavy atom. The summed E-state index contributed by atoms with van der Waals surface area (Å²) in [5.41, 5.74) is 1.94. The topological polar surface area (TPSA) is 59.4 Å². The lowest BCUT2D eigenvalue weighted by atomic mass is 10.1. The van der Waals surface area contributed by atoms with Gasteiger partial charge in [-0.05, 0) is 18.1 Å². The Morgan fingerprint density at radius 3 is 3.15 bits per heavy atom. The van der Waals surface area contributed by atoms with Crippen LogP contribution in [-0.4, -0.2) is 22.7 Å². The SMILES string of the molecule is O=C(O)c1ccc2c(n1)COCC2. The third-order valence-corrected chi connectivity index (χ3v) is 2.04. The third-order valence-electron chi connectivity index (χ3n) is 2.04. The average molecular weight is 179 g/mol. The number of carbonyl (C=O) groups is 1. The Bertz CT molecular complexity index is 349. The first-order valence-corrected chi connectivity index (χ1v) is 4.07. The summed E-state index contributed by atoms with van der Waals surface area (Å²) in [4.78, 5) is 14.6. The van der Waals surface area contributed by atoms with E-state index < -0.39 is 5.97 Å². The lowest BCUT2D eigenvalue weighted by molar-refractivity contribution is 0.0687.